The minimum absolute atomic E-state index is 0.193. The second-order valence-electron chi connectivity index (χ2n) is 5.90. The number of halogens is 2. The molecule has 0 aromatic heterocycles. The van der Waals surface area contributed by atoms with Crippen LogP contribution in [-0.4, -0.2) is 25.8 Å². The lowest BCUT2D eigenvalue weighted by Crippen LogP contribution is -3.07. The summed E-state index contributed by atoms with van der Waals surface area (Å²) in [5, 5.41) is 8.55. The van der Waals surface area contributed by atoms with E-state index in [4.69, 9.17) is 35.4 Å². The minimum atomic E-state index is 0.193. The van der Waals surface area contributed by atoms with Gasteiger partial charge >= 0.3 is 0 Å². The Balaban J connectivity index is 2.03. The highest BCUT2D eigenvalue weighted by Gasteiger charge is 2.20. The minimum Gasteiger partial charge on any atom is -0.356 e. The van der Waals surface area contributed by atoms with Crippen molar-refractivity contribution >= 4 is 46.2 Å². The Bertz CT molecular complexity index is 719. The summed E-state index contributed by atoms with van der Waals surface area (Å²) in [5.74, 6) is 0. The van der Waals surface area contributed by atoms with Gasteiger partial charge in [-0.1, -0.05) is 47.5 Å². The van der Waals surface area contributed by atoms with Gasteiger partial charge in [0.05, 0.1) is 20.6 Å². The maximum absolute atomic E-state index is 6.34. The van der Waals surface area contributed by atoms with Crippen molar-refractivity contribution in [1.29, 1.82) is 0 Å². The first-order valence-corrected chi connectivity index (χ1v) is 8.91. The lowest BCUT2D eigenvalue weighted by atomic mass is 10.1. The van der Waals surface area contributed by atoms with E-state index in [2.05, 4.69) is 30.8 Å². The molecular weight excluding hydrogens is 361 g/mol. The Morgan fingerprint density at radius 2 is 1.75 bits per heavy atom. The van der Waals surface area contributed by atoms with Gasteiger partial charge in [-0.3, -0.25) is 0 Å². The van der Waals surface area contributed by atoms with Gasteiger partial charge in [-0.15, -0.1) is 0 Å². The quantitative estimate of drug-likeness (QED) is 0.691. The smallest absolute Gasteiger partial charge is 0.171 e. The first-order chi connectivity index (χ1) is 11.4. The molecule has 0 bridgehead atoms. The summed E-state index contributed by atoms with van der Waals surface area (Å²) < 4.78 is 0. The summed E-state index contributed by atoms with van der Waals surface area (Å²) >= 11 is 17.9. The molecule has 0 amide bonds. The Kier molecular flexibility index (Phi) is 6.87. The van der Waals surface area contributed by atoms with Crippen molar-refractivity contribution in [3.63, 3.8) is 0 Å². The van der Waals surface area contributed by atoms with E-state index in [1.165, 1.54) is 4.90 Å². The number of rotatable bonds is 5. The SMILES string of the molecule is Cc1c(Cl)cccc1NC(=S)NC[C@@H](c1ccccc1Cl)[NH+](C)C. The van der Waals surface area contributed by atoms with E-state index in [9.17, 15) is 0 Å². The molecule has 0 fully saturated rings. The average Bonchev–Trinajstić information content (AvgIpc) is 2.53. The van der Waals surface area contributed by atoms with Crippen LogP contribution in [0.5, 0.6) is 0 Å². The summed E-state index contributed by atoms with van der Waals surface area (Å²) in [5.41, 5.74) is 2.99. The third-order valence-electron chi connectivity index (χ3n) is 3.96. The number of hydrogen-bond acceptors (Lipinski definition) is 1. The predicted octanol–water partition coefficient (Wildman–Crippen LogP) is 3.47. The summed E-state index contributed by atoms with van der Waals surface area (Å²) in [6.45, 7) is 2.64. The monoisotopic (exact) mass is 382 g/mol. The van der Waals surface area contributed by atoms with E-state index in [1.54, 1.807) is 0 Å². The van der Waals surface area contributed by atoms with Crippen LogP contribution >= 0.6 is 35.4 Å². The summed E-state index contributed by atoms with van der Waals surface area (Å²) in [4.78, 5) is 1.28. The number of likely N-dealkylation sites (N-methyl/N-ethyl adjacent to an activating group) is 1. The Morgan fingerprint density at radius 1 is 1.08 bits per heavy atom. The summed E-state index contributed by atoms with van der Waals surface area (Å²) in [6.07, 6.45) is 0. The molecule has 2 aromatic rings. The number of hydrogen-bond donors (Lipinski definition) is 3. The van der Waals surface area contributed by atoms with Gasteiger partial charge in [0.15, 0.2) is 5.11 Å². The zero-order valence-corrected chi connectivity index (χ0v) is 16.3. The molecule has 6 heteroatoms. The second-order valence-corrected chi connectivity index (χ2v) is 7.12. The number of anilines is 1. The van der Waals surface area contributed by atoms with E-state index in [0.717, 1.165) is 26.9 Å². The van der Waals surface area contributed by atoms with E-state index in [0.29, 0.717) is 11.7 Å². The number of quaternary nitrogens is 1. The van der Waals surface area contributed by atoms with Crippen LogP contribution in [0, 0.1) is 6.92 Å². The molecule has 0 aliphatic carbocycles. The molecule has 0 spiro atoms. The van der Waals surface area contributed by atoms with Gasteiger partial charge in [0.25, 0.3) is 0 Å². The number of benzene rings is 2. The highest BCUT2D eigenvalue weighted by molar-refractivity contribution is 7.80. The zero-order chi connectivity index (χ0) is 17.7. The van der Waals surface area contributed by atoms with Crippen LogP contribution in [-0.2, 0) is 0 Å². The first-order valence-electron chi connectivity index (χ1n) is 7.74. The molecule has 0 aliphatic rings. The lowest BCUT2D eigenvalue weighted by molar-refractivity contribution is -0.890. The number of nitrogens with one attached hydrogen (secondary N) is 3. The first kappa shape index (κ1) is 19.0. The third kappa shape index (κ3) is 4.84. The zero-order valence-electron chi connectivity index (χ0n) is 14.0. The molecule has 3 N–H and O–H groups in total. The van der Waals surface area contributed by atoms with Crippen molar-refractivity contribution in [2.45, 2.75) is 13.0 Å². The van der Waals surface area contributed by atoms with Gasteiger partial charge in [0, 0.05) is 21.3 Å². The van der Waals surface area contributed by atoms with Crippen molar-refractivity contribution in [3.8, 4) is 0 Å². The fourth-order valence-corrected chi connectivity index (χ4v) is 3.12. The normalized spacial score (nSPS) is 12.1. The Labute approximate surface area is 159 Å². The van der Waals surface area contributed by atoms with Crippen LogP contribution in [0.3, 0.4) is 0 Å². The van der Waals surface area contributed by atoms with Crippen LogP contribution in [0.25, 0.3) is 0 Å². The van der Waals surface area contributed by atoms with Gasteiger partial charge < -0.3 is 15.5 Å². The molecule has 0 unspecified atom stereocenters. The number of thiocarbonyl (C=S) groups is 1. The van der Waals surface area contributed by atoms with Crippen LogP contribution < -0.4 is 15.5 Å². The summed E-state index contributed by atoms with van der Waals surface area (Å²) in [7, 11) is 4.21. The fourth-order valence-electron chi connectivity index (χ4n) is 2.49. The maximum atomic E-state index is 6.34. The summed E-state index contributed by atoms with van der Waals surface area (Å²) in [6, 6.07) is 13.8. The van der Waals surface area contributed by atoms with E-state index < -0.39 is 0 Å². The van der Waals surface area contributed by atoms with Crippen LogP contribution in [0.15, 0.2) is 42.5 Å². The molecule has 0 heterocycles. The molecule has 0 radical (unpaired) electrons. The van der Waals surface area contributed by atoms with Crippen molar-refractivity contribution in [1.82, 2.24) is 5.32 Å². The van der Waals surface area contributed by atoms with Gasteiger partial charge in [0.1, 0.15) is 6.04 Å². The van der Waals surface area contributed by atoms with Crippen LogP contribution in [0.4, 0.5) is 5.69 Å². The van der Waals surface area contributed by atoms with E-state index in [1.807, 2.05) is 43.3 Å². The molecule has 0 saturated heterocycles. The largest absolute Gasteiger partial charge is 0.356 e. The van der Waals surface area contributed by atoms with E-state index in [-0.39, 0.29) is 6.04 Å². The standard InChI is InChI=1S/C18H21Cl2N3S/c1-12-14(19)9-6-10-16(12)22-18(24)21-11-17(23(2)3)13-7-4-5-8-15(13)20/h4-10,17H,11H2,1-3H3,(H2,21,22,24)/p+1/t17-/m0/s1. The highest BCUT2D eigenvalue weighted by Crippen LogP contribution is 2.23. The van der Waals surface area contributed by atoms with Gasteiger partial charge in [-0.05, 0) is 42.9 Å². The third-order valence-corrected chi connectivity index (χ3v) is 4.96. The molecule has 1 atom stereocenters. The molecule has 24 heavy (non-hydrogen) atoms. The van der Waals surface area contributed by atoms with E-state index >= 15 is 0 Å². The molecule has 0 saturated carbocycles. The Hall–Kier alpha value is -1.33. The lowest BCUT2D eigenvalue weighted by Gasteiger charge is -2.24. The molecule has 2 aromatic carbocycles. The average molecular weight is 383 g/mol. The van der Waals surface area contributed by atoms with Crippen LogP contribution in [0.1, 0.15) is 17.2 Å². The Morgan fingerprint density at radius 3 is 2.42 bits per heavy atom. The van der Waals surface area contributed by atoms with Crippen molar-refractivity contribution in [2.75, 3.05) is 26.0 Å². The van der Waals surface area contributed by atoms with Gasteiger partial charge in [-0.2, -0.15) is 0 Å². The predicted molar refractivity (Wildman–Crippen MR) is 107 cm³/mol. The molecule has 2 rings (SSSR count). The molecule has 0 aliphatic heterocycles. The van der Waals surface area contributed by atoms with Crippen molar-refractivity contribution < 1.29 is 4.90 Å². The molecule has 128 valence electrons. The molecule has 3 nitrogen and oxygen atoms in total. The highest BCUT2D eigenvalue weighted by atomic mass is 35.5. The fraction of sp³-hybridized carbons (Fsp3) is 0.278. The van der Waals surface area contributed by atoms with Gasteiger partial charge in [0.2, 0.25) is 0 Å². The van der Waals surface area contributed by atoms with Crippen molar-refractivity contribution in [2.24, 2.45) is 0 Å². The van der Waals surface area contributed by atoms with Crippen LogP contribution in [0.2, 0.25) is 10.0 Å². The van der Waals surface area contributed by atoms with Gasteiger partial charge in [-0.25, -0.2) is 0 Å². The molecular formula is C18H22Cl2N3S+. The maximum Gasteiger partial charge on any atom is 0.171 e. The topological polar surface area (TPSA) is 28.5 Å². The second kappa shape index (κ2) is 8.67. The van der Waals surface area contributed by atoms with Crippen molar-refractivity contribution in [3.05, 3.63) is 63.6 Å².